The Morgan fingerprint density at radius 3 is 1.83 bits per heavy atom. The van der Waals surface area contributed by atoms with E-state index in [4.69, 9.17) is 23.8 Å². The Bertz CT molecular complexity index is 2040. The maximum absolute atomic E-state index is 13.7. The number of aromatic nitrogens is 2. The van der Waals surface area contributed by atoms with Gasteiger partial charge in [-0.05, 0) is 32.4 Å². The van der Waals surface area contributed by atoms with Crippen LogP contribution in [0.15, 0.2) is 143 Å². The number of amides is 1. The number of rotatable bonds is 9. The Morgan fingerprint density at radius 1 is 0.815 bits per heavy atom. The van der Waals surface area contributed by atoms with Gasteiger partial charge in [0.2, 0.25) is 0 Å². The number of benzene rings is 4. The number of ether oxygens (including phenoxy) is 3. The highest BCUT2D eigenvalue weighted by Gasteiger charge is 2.46. The van der Waals surface area contributed by atoms with Crippen LogP contribution in [-0.4, -0.2) is 67.5 Å². The van der Waals surface area contributed by atoms with Crippen molar-refractivity contribution in [2.24, 2.45) is 4.74 Å². The minimum absolute atomic E-state index is 0.130. The summed E-state index contributed by atoms with van der Waals surface area (Å²) in [5, 5.41) is 25.5. The molecule has 2 heterocycles. The summed E-state index contributed by atoms with van der Waals surface area (Å²) in [6.07, 6.45) is -6.89. The van der Waals surface area contributed by atoms with Crippen LogP contribution in [-0.2, 0) is 25.7 Å². The molecule has 6 rings (SSSR count). The molecule has 5 aromatic rings. The molecule has 280 valence electrons. The van der Waals surface area contributed by atoms with E-state index in [9.17, 15) is 24.6 Å². The average Bonchev–Trinajstić information content (AvgIpc) is 3.45. The third-order valence-corrected chi connectivity index (χ3v) is 12.0. The maximum atomic E-state index is 13.7. The first-order valence-corrected chi connectivity index (χ1v) is 19.0. The zero-order valence-corrected chi connectivity index (χ0v) is 30.8. The lowest BCUT2D eigenvalue weighted by Crippen LogP contribution is -2.45. The van der Waals surface area contributed by atoms with Gasteiger partial charge in [0.05, 0.1) is 13.6 Å². The molecule has 4 atom stereocenters. The normalized spacial score (nSPS) is 18.4. The third-order valence-electron chi connectivity index (χ3n) is 8.40. The van der Waals surface area contributed by atoms with Crippen molar-refractivity contribution < 1.29 is 38.9 Å². The van der Waals surface area contributed by atoms with E-state index in [1.165, 1.54) is 6.20 Å². The Kier molecular flexibility index (Phi) is 11.7. The first-order valence-electron chi connectivity index (χ1n) is 17.2. The van der Waals surface area contributed by atoms with Crippen LogP contribution in [0.1, 0.15) is 32.6 Å². The first-order chi connectivity index (χ1) is 25.9. The predicted molar refractivity (Wildman–Crippen MR) is 202 cm³/mol. The number of carbonyl (C=O) groups excluding carboxylic acids is 2. The summed E-state index contributed by atoms with van der Waals surface area (Å²) in [5.41, 5.74) is -1.09. The number of hydrogen-bond acceptors (Lipinski definition) is 11. The summed E-state index contributed by atoms with van der Waals surface area (Å²) < 4.78 is 22.8. The van der Waals surface area contributed by atoms with E-state index in [0.717, 1.165) is 20.5 Å². The molecule has 14 heteroatoms. The summed E-state index contributed by atoms with van der Waals surface area (Å²) in [6, 6.07) is 39.9. The van der Waals surface area contributed by atoms with Gasteiger partial charge < -0.3 is 29.3 Å². The van der Waals surface area contributed by atoms with Crippen molar-refractivity contribution >= 4 is 41.0 Å². The summed E-state index contributed by atoms with van der Waals surface area (Å²) in [4.78, 5) is 48.9. The summed E-state index contributed by atoms with van der Waals surface area (Å²) in [6.45, 7) is 4.17. The zero-order chi connectivity index (χ0) is 38.3. The molecular formula is C40H41N4O9P. The van der Waals surface area contributed by atoms with Crippen LogP contribution in [0.4, 0.5) is 15.4 Å². The molecule has 0 saturated carbocycles. The second-order valence-corrected chi connectivity index (χ2v) is 16.4. The highest BCUT2D eigenvalue weighted by molar-refractivity contribution is 7.87. The average molecular weight is 753 g/mol. The molecule has 0 bridgehead atoms. The molecule has 2 N–H and O–H groups in total. The van der Waals surface area contributed by atoms with Gasteiger partial charge in [0.25, 0.3) is 0 Å². The van der Waals surface area contributed by atoms with E-state index >= 15 is 0 Å². The number of aliphatic hydroxyl groups is 2. The second kappa shape index (κ2) is 16.6. The fourth-order valence-electron chi connectivity index (χ4n) is 5.93. The molecule has 0 unspecified atom stereocenters. The van der Waals surface area contributed by atoms with Crippen LogP contribution < -0.4 is 21.6 Å². The standard InChI is InChI=1S/C40H41N4O9P/c1-40(2,3)52-38(48)44(53-39(49)50-27-28-16-8-4-9-17-28)26-32-34(45)35(46)36(51-32)43-25-24-33(41-37(43)47)42-54(29-18-10-5-11-19-29,30-20-12-6-13-21-30)31-22-14-7-15-23-31/h4-25,32,34-36,45-46H,26-27H2,1-3H3/t32-,34-,35-,36-/m1/s1. The smallest absolute Gasteiger partial charge is 0.442 e. The molecule has 0 spiro atoms. The maximum Gasteiger partial charge on any atom is 0.533 e. The van der Waals surface area contributed by atoms with E-state index < -0.39 is 61.7 Å². The summed E-state index contributed by atoms with van der Waals surface area (Å²) in [7, 11) is -2.75. The molecule has 1 aliphatic heterocycles. The van der Waals surface area contributed by atoms with Gasteiger partial charge >= 0.3 is 17.9 Å². The van der Waals surface area contributed by atoms with Crippen molar-refractivity contribution in [3.63, 3.8) is 0 Å². The second-order valence-electron chi connectivity index (χ2n) is 13.4. The SMILES string of the molecule is CC(C)(C)OC(=O)N(C[C@H]1O[C@@H](n2ccc(N=P(c3ccccc3)(c3ccccc3)c3ccccc3)nc2=O)[C@H](O)[C@@H]1O)OC(=O)OCc1ccccc1. The summed E-state index contributed by atoms with van der Waals surface area (Å²) >= 11 is 0. The van der Waals surface area contributed by atoms with E-state index in [0.29, 0.717) is 10.6 Å². The lowest BCUT2D eigenvalue weighted by molar-refractivity contribution is -0.149. The van der Waals surface area contributed by atoms with Crippen molar-refractivity contribution in [2.75, 3.05) is 6.54 Å². The Morgan fingerprint density at radius 2 is 1.33 bits per heavy atom. The van der Waals surface area contributed by atoms with E-state index in [1.807, 2.05) is 97.1 Å². The van der Waals surface area contributed by atoms with E-state index in [2.05, 4.69) is 4.98 Å². The lowest BCUT2D eigenvalue weighted by atomic mass is 10.1. The summed E-state index contributed by atoms with van der Waals surface area (Å²) in [5.74, 6) is 0.157. The van der Waals surface area contributed by atoms with Gasteiger partial charge in [-0.25, -0.2) is 19.1 Å². The quantitative estimate of drug-likeness (QED) is 0.117. The van der Waals surface area contributed by atoms with Crippen molar-refractivity contribution in [3.05, 3.63) is 150 Å². The van der Waals surface area contributed by atoms with Crippen LogP contribution in [0.25, 0.3) is 0 Å². The van der Waals surface area contributed by atoms with Gasteiger partial charge in [0, 0.05) is 22.1 Å². The van der Waals surface area contributed by atoms with Crippen molar-refractivity contribution in [1.82, 2.24) is 14.6 Å². The molecule has 1 amide bonds. The van der Waals surface area contributed by atoms with Gasteiger partial charge in [0.15, 0.2) is 12.0 Å². The first kappa shape index (κ1) is 38.1. The van der Waals surface area contributed by atoms with E-state index in [-0.39, 0.29) is 12.4 Å². The molecule has 1 aromatic heterocycles. The van der Waals surface area contributed by atoms with Crippen molar-refractivity contribution in [2.45, 2.75) is 57.5 Å². The molecule has 4 aromatic carbocycles. The molecule has 13 nitrogen and oxygen atoms in total. The number of nitrogens with zero attached hydrogens (tertiary/aromatic N) is 4. The topological polar surface area (TPSA) is 162 Å². The number of hydroxylamine groups is 2. The molecular weight excluding hydrogens is 711 g/mol. The predicted octanol–water partition coefficient (Wildman–Crippen LogP) is 5.18. The molecule has 1 saturated heterocycles. The van der Waals surface area contributed by atoms with Crippen LogP contribution >= 0.6 is 7.05 Å². The third kappa shape index (κ3) is 8.78. The van der Waals surface area contributed by atoms with Crippen LogP contribution in [0.5, 0.6) is 0 Å². The highest BCUT2D eigenvalue weighted by Crippen LogP contribution is 2.48. The lowest BCUT2D eigenvalue weighted by Gasteiger charge is -2.28. The zero-order valence-electron chi connectivity index (χ0n) is 29.9. The Balaban J connectivity index is 1.28. The van der Waals surface area contributed by atoms with Gasteiger partial charge in [-0.15, -0.1) is 5.06 Å². The van der Waals surface area contributed by atoms with Gasteiger partial charge in [0.1, 0.15) is 30.5 Å². The fraction of sp³-hybridized carbons (Fsp3) is 0.250. The Labute approximate surface area is 312 Å². The van der Waals surface area contributed by atoms with Gasteiger partial charge in [-0.1, -0.05) is 121 Å². The molecule has 1 fully saturated rings. The van der Waals surface area contributed by atoms with E-state index in [1.54, 1.807) is 51.1 Å². The van der Waals surface area contributed by atoms with Crippen LogP contribution in [0.3, 0.4) is 0 Å². The minimum atomic E-state index is -2.75. The highest BCUT2D eigenvalue weighted by atomic mass is 31.2. The molecule has 0 radical (unpaired) electrons. The molecule has 0 aliphatic carbocycles. The van der Waals surface area contributed by atoms with Gasteiger partial charge in [-0.3, -0.25) is 4.57 Å². The van der Waals surface area contributed by atoms with Crippen molar-refractivity contribution in [3.8, 4) is 0 Å². The molecule has 1 aliphatic rings. The Hall–Kier alpha value is -5.59. The van der Waals surface area contributed by atoms with Gasteiger partial charge in [-0.2, -0.15) is 4.98 Å². The van der Waals surface area contributed by atoms with Crippen LogP contribution in [0.2, 0.25) is 0 Å². The molecule has 54 heavy (non-hydrogen) atoms. The minimum Gasteiger partial charge on any atom is -0.442 e. The number of hydrogen-bond donors (Lipinski definition) is 2. The largest absolute Gasteiger partial charge is 0.533 e. The van der Waals surface area contributed by atoms with Crippen molar-refractivity contribution in [1.29, 1.82) is 0 Å². The van der Waals surface area contributed by atoms with Crippen LogP contribution in [0, 0.1) is 0 Å². The fourth-order valence-corrected chi connectivity index (χ4v) is 9.40. The number of aliphatic hydroxyl groups excluding tert-OH is 2. The number of carbonyl (C=O) groups is 2. The monoisotopic (exact) mass is 752 g/mol.